The topological polar surface area (TPSA) is 35.5 Å². The van der Waals surface area contributed by atoms with Crippen LogP contribution in [-0.2, 0) is 14.0 Å². The second-order valence-electron chi connectivity index (χ2n) is 9.62. The molecule has 3 nitrogen and oxygen atoms in total. The molecule has 2 aliphatic heterocycles. The zero-order valence-corrected chi connectivity index (χ0v) is 21.1. The fraction of sp³-hybridized carbons (Fsp3) is 0.696. The van der Waals surface area contributed by atoms with E-state index in [1.54, 1.807) is 0 Å². The molecule has 0 aliphatic carbocycles. The molecule has 0 saturated carbocycles. The molecule has 3 rings (SSSR count). The molecule has 156 valence electrons. The summed E-state index contributed by atoms with van der Waals surface area (Å²) in [6, 6.07) is 10.5. The van der Waals surface area contributed by atoms with E-state index < -0.39 is 14.1 Å². The van der Waals surface area contributed by atoms with Gasteiger partial charge in [0.25, 0.3) is 0 Å². The summed E-state index contributed by atoms with van der Waals surface area (Å²) in [5, 5.41) is 0. The van der Waals surface area contributed by atoms with Crippen LogP contribution in [0.4, 0.5) is 0 Å². The Morgan fingerprint density at radius 3 is 2.14 bits per heavy atom. The summed E-state index contributed by atoms with van der Waals surface area (Å²) in [7, 11) is -2.09. The zero-order valence-electron chi connectivity index (χ0n) is 18.4. The van der Waals surface area contributed by atoms with Gasteiger partial charge in [-0.05, 0) is 0 Å². The molecule has 2 bridgehead atoms. The van der Waals surface area contributed by atoms with E-state index in [-0.39, 0.29) is 25.4 Å². The Morgan fingerprint density at radius 1 is 1.07 bits per heavy atom. The van der Waals surface area contributed by atoms with Gasteiger partial charge in [0.15, 0.2) is 0 Å². The van der Waals surface area contributed by atoms with Crippen LogP contribution in [0.15, 0.2) is 30.3 Å². The first-order chi connectivity index (χ1) is 13.1. The van der Waals surface area contributed by atoms with Gasteiger partial charge in [-0.2, -0.15) is 0 Å². The van der Waals surface area contributed by atoms with Crippen LogP contribution in [0, 0.1) is 11.8 Å². The molecular weight excluding hydrogens is 431 g/mol. The molecule has 2 heterocycles. The summed E-state index contributed by atoms with van der Waals surface area (Å²) in [6.45, 7) is 16.1. The molecule has 1 aromatic carbocycles. The molecule has 0 amide bonds. The van der Waals surface area contributed by atoms with E-state index in [1.807, 2.05) is 6.07 Å². The van der Waals surface area contributed by atoms with Crippen LogP contribution < -0.4 is 4.46 Å². The third-order valence-corrected chi connectivity index (χ3v) is 16.5. The van der Waals surface area contributed by atoms with Crippen molar-refractivity contribution in [2.24, 2.45) is 11.8 Å². The molecule has 0 radical (unpaired) electrons. The molecule has 2 saturated heterocycles. The van der Waals surface area contributed by atoms with Crippen LogP contribution in [0.25, 0.3) is 0 Å². The van der Waals surface area contributed by atoms with E-state index in [0.29, 0.717) is 22.5 Å². The van der Waals surface area contributed by atoms with E-state index in [0.717, 1.165) is 19.1 Å². The average Bonchev–Trinajstić information content (AvgIpc) is 3.08. The maximum atomic E-state index is 12.1. The number of benzene rings is 1. The van der Waals surface area contributed by atoms with Crippen molar-refractivity contribution in [3.8, 4) is 0 Å². The summed E-state index contributed by atoms with van der Waals surface area (Å²) in [6.07, 6.45) is 2.78. The van der Waals surface area contributed by atoms with Crippen LogP contribution in [-0.4, -0.2) is 39.8 Å². The Morgan fingerprint density at radius 2 is 1.64 bits per heavy atom. The molecular formula is C23H36O3SeSi. The van der Waals surface area contributed by atoms with Crippen molar-refractivity contribution in [3.05, 3.63) is 30.3 Å². The Hall–Kier alpha value is -0.454. The fourth-order valence-corrected chi connectivity index (χ4v) is 14.4. The van der Waals surface area contributed by atoms with Gasteiger partial charge in [0, 0.05) is 0 Å². The molecule has 28 heavy (non-hydrogen) atoms. The first-order valence-electron chi connectivity index (χ1n) is 10.7. The van der Waals surface area contributed by atoms with E-state index in [1.165, 1.54) is 4.46 Å². The molecule has 2 fully saturated rings. The van der Waals surface area contributed by atoms with Gasteiger partial charge in [-0.15, -0.1) is 0 Å². The molecule has 0 N–H and O–H groups in total. The molecule has 1 aromatic rings. The third-order valence-electron chi connectivity index (χ3n) is 6.95. The number of carbonyl (C=O) groups excluding carboxylic acids is 1. The number of ether oxygens (including phenoxy) is 1. The Balaban J connectivity index is 1.96. The van der Waals surface area contributed by atoms with E-state index >= 15 is 0 Å². The minimum atomic E-state index is -2.09. The van der Waals surface area contributed by atoms with Gasteiger partial charge in [0.2, 0.25) is 0 Å². The standard InChI is InChI=1S/C23H36O3SeSi/c1-16(2)28(17(3)4,18(5)6)26-22-13-19(7)23(25-22,20(14-22)15-24)27-21-11-9-8-10-12-21/h8-12,15-20H,13-14H2,1-7H3/t19-,20-,22-,23+/m1/s1. The van der Waals surface area contributed by atoms with Crippen LogP contribution in [0.2, 0.25) is 16.6 Å². The second kappa shape index (κ2) is 8.00. The van der Waals surface area contributed by atoms with Gasteiger partial charge in [-0.25, -0.2) is 0 Å². The Labute approximate surface area is 178 Å². The van der Waals surface area contributed by atoms with Crippen LogP contribution in [0.1, 0.15) is 61.3 Å². The van der Waals surface area contributed by atoms with Gasteiger partial charge < -0.3 is 0 Å². The molecule has 0 spiro atoms. The number of fused-ring (bicyclic) bond motifs is 2. The van der Waals surface area contributed by atoms with Crippen molar-refractivity contribution >= 4 is 34.0 Å². The first kappa shape index (κ1) is 22.2. The number of aldehydes is 1. The minimum absolute atomic E-state index is 0.0744. The summed E-state index contributed by atoms with van der Waals surface area (Å²) in [5.74, 6) is -0.323. The van der Waals surface area contributed by atoms with Crippen molar-refractivity contribution in [2.45, 2.75) is 88.2 Å². The zero-order chi connectivity index (χ0) is 20.7. The van der Waals surface area contributed by atoms with Crippen LogP contribution in [0.3, 0.4) is 0 Å². The van der Waals surface area contributed by atoms with Crippen molar-refractivity contribution in [1.29, 1.82) is 0 Å². The quantitative estimate of drug-likeness (QED) is 0.404. The van der Waals surface area contributed by atoms with Crippen molar-refractivity contribution in [2.75, 3.05) is 0 Å². The molecule has 0 aromatic heterocycles. The van der Waals surface area contributed by atoms with Gasteiger partial charge >= 0.3 is 178 Å². The molecule has 2 aliphatic rings. The third kappa shape index (κ3) is 3.48. The molecule has 4 atom stereocenters. The Kier molecular flexibility index (Phi) is 6.35. The number of hydrogen-bond acceptors (Lipinski definition) is 3. The van der Waals surface area contributed by atoms with Crippen LogP contribution in [0.5, 0.6) is 0 Å². The van der Waals surface area contributed by atoms with Gasteiger partial charge in [-0.1, -0.05) is 0 Å². The maximum absolute atomic E-state index is 12.1. The molecule has 5 heteroatoms. The number of carbonyl (C=O) groups is 1. The second-order valence-corrected chi connectivity index (χ2v) is 17.8. The Bertz CT molecular complexity index is 671. The van der Waals surface area contributed by atoms with Crippen LogP contribution >= 0.6 is 0 Å². The van der Waals surface area contributed by atoms with Gasteiger partial charge in [0.1, 0.15) is 0 Å². The summed E-state index contributed by atoms with van der Waals surface area (Å²) in [4.78, 5) is 12.1. The van der Waals surface area contributed by atoms with Crippen molar-refractivity contribution in [3.63, 3.8) is 0 Å². The number of hydrogen-bond donors (Lipinski definition) is 0. The van der Waals surface area contributed by atoms with E-state index in [2.05, 4.69) is 72.7 Å². The first-order valence-corrected chi connectivity index (χ1v) is 14.6. The fourth-order valence-electron chi connectivity index (χ4n) is 5.88. The van der Waals surface area contributed by atoms with E-state index in [4.69, 9.17) is 9.16 Å². The van der Waals surface area contributed by atoms with Gasteiger partial charge in [-0.3, -0.25) is 0 Å². The predicted molar refractivity (Wildman–Crippen MR) is 118 cm³/mol. The van der Waals surface area contributed by atoms with Crippen molar-refractivity contribution < 1.29 is 14.0 Å². The summed E-state index contributed by atoms with van der Waals surface area (Å²) >= 11 is 0.0819. The summed E-state index contributed by atoms with van der Waals surface area (Å²) < 4.78 is 15.0. The monoisotopic (exact) mass is 468 g/mol. The summed E-state index contributed by atoms with van der Waals surface area (Å²) in [5.41, 5.74) is 1.52. The molecule has 0 unspecified atom stereocenters. The SMILES string of the molecule is CC(C)[Si](O[C@@]12C[C@@H](C)[C@@]([Se]c3ccccc3)(O1)[C@@H](C=O)C2)(C(C)C)C(C)C. The predicted octanol–water partition coefficient (Wildman–Crippen LogP) is 4.88. The van der Waals surface area contributed by atoms with Gasteiger partial charge in [0.05, 0.1) is 0 Å². The normalized spacial score (nSPS) is 32.6. The van der Waals surface area contributed by atoms with Crippen molar-refractivity contribution in [1.82, 2.24) is 0 Å². The average molecular weight is 468 g/mol. The number of rotatable bonds is 8. The van der Waals surface area contributed by atoms with E-state index in [9.17, 15) is 4.79 Å².